The highest BCUT2D eigenvalue weighted by molar-refractivity contribution is 5.95. The molecule has 2 aromatic carbocycles. The van der Waals surface area contributed by atoms with Crippen molar-refractivity contribution in [1.82, 2.24) is 4.98 Å². The van der Waals surface area contributed by atoms with Gasteiger partial charge in [-0.05, 0) is 53.9 Å². The Bertz CT molecular complexity index is 1050. The average molecular weight is 426 g/mol. The lowest BCUT2D eigenvalue weighted by Gasteiger charge is -2.26. The molecule has 0 aliphatic carbocycles. The topological polar surface area (TPSA) is 54.7 Å². The number of pyridine rings is 1. The molecule has 2 heterocycles. The third kappa shape index (κ3) is 5.11. The van der Waals surface area contributed by atoms with Crippen LogP contribution in [0.2, 0.25) is 0 Å². The van der Waals surface area contributed by atoms with E-state index in [2.05, 4.69) is 4.98 Å². The van der Waals surface area contributed by atoms with Gasteiger partial charge in [0.15, 0.2) is 0 Å². The van der Waals surface area contributed by atoms with Gasteiger partial charge in [0.2, 0.25) is 0 Å². The molecule has 0 bridgehead atoms. The highest BCUT2D eigenvalue weighted by atomic mass is 19.4. The van der Waals surface area contributed by atoms with Crippen molar-refractivity contribution in [2.24, 2.45) is 4.99 Å². The third-order valence-corrected chi connectivity index (χ3v) is 5.24. The molecule has 2 atom stereocenters. The molecule has 0 spiro atoms. The lowest BCUT2D eigenvalue weighted by molar-refractivity contribution is -0.137. The van der Waals surface area contributed by atoms with Crippen LogP contribution in [0.15, 0.2) is 78.0 Å². The molecule has 1 aliphatic heterocycles. The number of ether oxygens (including phenoxy) is 1. The van der Waals surface area contributed by atoms with E-state index < -0.39 is 17.8 Å². The highest BCUT2D eigenvalue weighted by Crippen LogP contribution is 2.35. The second-order valence-electron chi connectivity index (χ2n) is 7.47. The Morgan fingerprint density at radius 1 is 1.03 bits per heavy atom. The van der Waals surface area contributed by atoms with E-state index in [0.29, 0.717) is 0 Å². The van der Waals surface area contributed by atoms with E-state index in [1.807, 2.05) is 36.4 Å². The van der Waals surface area contributed by atoms with Crippen LogP contribution in [0.25, 0.3) is 0 Å². The molecule has 0 amide bonds. The molecular weight excluding hydrogens is 405 g/mol. The van der Waals surface area contributed by atoms with Gasteiger partial charge in [0, 0.05) is 30.4 Å². The number of para-hydroxylation sites is 1. The molecule has 0 fully saturated rings. The number of benzene rings is 2. The Hall–Kier alpha value is -3.19. The maximum absolute atomic E-state index is 12.7. The van der Waals surface area contributed by atoms with E-state index in [4.69, 9.17) is 9.73 Å². The van der Waals surface area contributed by atoms with Crippen LogP contribution in [-0.4, -0.2) is 28.5 Å². The fourth-order valence-electron chi connectivity index (χ4n) is 3.68. The van der Waals surface area contributed by atoms with Crippen molar-refractivity contribution in [2.75, 3.05) is 6.61 Å². The van der Waals surface area contributed by atoms with Gasteiger partial charge in [0.25, 0.3) is 0 Å². The number of aromatic nitrogens is 1. The Kier molecular flexibility index (Phi) is 6.04. The van der Waals surface area contributed by atoms with Crippen LogP contribution in [0, 0.1) is 0 Å². The number of fused-ring (bicyclic) bond motifs is 1. The van der Waals surface area contributed by atoms with Gasteiger partial charge in [-0.1, -0.05) is 24.3 Å². The molecule has 0 saturated carbocycles. The van der Waals surface area contributed by atoms with Crippen molar-refractivity contribution >= 4 is 11.4 Å². The van der Waals surface area contributed by atoms with Crippen molar-refractivity contribution in [2.45, 2.75) is 31.0 Å². The minimum Gasteiger partial charge on any atom is -0.491 e. The number of halogens is 3. The maximum atomic E-state index is 12.7. The summed E-state index contributed by atoms with van der Waals surface area (Å²) in [5, 5.41) is 10.6. The predicted molar refractivity (Wildman–Crippen MR) is 112 cm³/mol. The monoisotopic (exact) mass is 426 g/mol. The summed E-state index contributed by atoms with van der Waals surface area (Å²) in [5.41, 5.74) is 3.13. The zero-order valence-corrected chi connectivity index (χ0v) is 16.6. The van der Waals surface area contributed by atoms with Crippen molar-refractivity contribution in [3.8, 4) is 5.75 Å². The Morgan fingerprint density at radius 2 is 1.81 bits per heavy atom. The zero-order chi connectivity index (χ0) is 21.8. The van der Waals surface area contributed by atoms with Crippen LogP contribution in [0.5, 0.6) is 5.75 Å². The molecule has 0 radical (unpaired) electrons. The van der Waals surface area contributed by atoms with Gasteiger partial charge in [-0.15, -0.1) is 0 Å². The van der Waals surface area contributed by atoms with Gasteiger partial charge >= 0.3 is 6.18 Å². The quantitative estimate of drug-likeness (QED) is 0.579. The molecule has 2 unspecified atom stereocenters. The summed E-state index contributed by atoms with van der Waals surface area (Å²) in [6.45, 7) is -0.0498. The Balaban J connectivity index is 1.46. The summed E-state index contributed by atoms with van der Waals surface area (Å²) >= 11 is 0. The molecule has 4 rings (SSSR count). The fourth-order valence-corrected chi connectivity index (χ4v) is 3.68. The molecule has 7 heteroatoms. The zero-order valence-electron chi connectivity index (χ0n) is 16.6. The van der Waals surface area contributed by atoms with Crippen LogP contribution in [-0.2, 0) is 12.6 Å². The molecule has 1 aliphatic rings. The van der Waals surface area contributed by atoms with Crippen molar-refractivity contribution in [3.05, 3.63) is 89.7 Å². The van der Waals surface area contributed by atoms with Crippen LogP contribution in [0.1, 0.15) is 29.0 Å². The predicted octanol–water partition coefficient (Wildman–Crippen LogP) is 5.34. The van der Waals surface area contributed by atoms with E-state index in [0.717, 1.165) is 41.1 Å². The number of alkyl halides is 3. The number of hydrogen-bond donors (Lipinski definition) is 1. The Morgan fingerprint density at radius 3 is 2.52 bits per heavy atom. The SMILES string of the molecule is OC(COc1ccc(C(F)(F)F)cc1)CC1=Nc2ccccc2CC1c1cccnc1. The van der Waals surface area contributed by atoms with Gasteiger partial charge < -0.3 is 9.84 Å². The van der Waals surface area contributed by atoms with Crippen LogP contribution in [0.4, 0.5) is 18.9 Å². The molecule has 31 heavy (non-hydrogen) atoms. The van der Waals surface area contributed by atoms with E-state index in [1.165, 1.54) is 12.1 Å². The largest absolute Gasteiger partial charge is 0.491 e. The van der Waals surface area contributed by atoms with E-state index in [-0.39, 0.29) is 24.7 Å². The molecule has 1 aromatic heterocycles. The smallest absolute Gasteiger partial charge is 0.416 e. The molecule has 1 N–H and O–H groups in total. The number of nitrogens with zero attached hydrogens (tertiary/aromatic N) is 2. The van der Waals surface area contributed by atoms with E-state index in [1.54, 1.807) is 12.4 Å². The summed E-state index contributed by atoms with van der Waals surface area (Å²) < 4.78 is 43.5. The van der Waals surface area contributed by atoms with Gasteiger partial charge in [-0.2, -0.15) is 13.2 Å². The highest BCUT2D eigenvalue weighted by Gasteiger charge is 2.30. The first kappa shape index (κ1) is 21.1. The molecule has 4 nitrogen and oxygen atoms in total. The van der Waals surface area contributed by atoms with Crippen LogP contribution in [0.3, 0.4) is 0 Å². The summed E-state index contributed by atoms with van der Waals surface area (Å²) in [6.07, 6.45) is -0.690. The number of rotatable bonds is 6. The first-order chi connectivity index (χ1) is 14.9. The number of aliphatic imine (C=N–C) groups is 1. The van der Waals surface area contributed by atoms with Crippen molar-refractivity contribution in [3.63, 3.8) is 0 Å². The first-order valence-corrected chi connectivity index (χ1v) is 9.93. The first-order valence-electron chi connectivity index (χ1n) is 9.93. The number of aliphatic hydroxyl groups excluding tert-OH is 1. The van der Waals surface area contributed by atoms with Crippen molar-refractivity contribution in [1.29, 1.82) is 0 Å². The fraction of sp³-hybridized carbons (Fsp3) is 0.250. The lowest BCUT2D eigenvalue weighted by Crippen LogP contribution is -2.27. The number of aliphatic hydroxyl groups is 1. The van der Waals surface area contributed by atoms with E-state index >= 15 is 0 Å². The standard InChI is InChI=1S/C24H21F3N2O2/c25-24(26,27)18-7-9-20(10-8-18)31-15-19(30)13-23-21(17-5-3-11-28-14-17)12-16-4-1-2-6-22(16)29-23/h1-11,14,19,21,30H,12-13,15H2. The Labute approximate surface area is 178 Å². The maximum Gasteiger partial charge on any atom is 0.416 e. The second-order valence-corrected chi connectivity index (χ2v) is 7.47. The number of hydrogen-bond acceptors (Lipinski definition) is 4. The minimum absolute atomic E-state index is 0.00989. The normalized spacial score (nSPS) is 16.9. The summed E-state index contributed by atoms with van der Waals surface area (Å²) in [5.74, 6) is 0.260. The van der Waals surface area contributed by atoms with Gasteiger partial charge in [-0.3, -0.25) is 9.98 Å². The lowest BCUT2D eigenvalue weighted by atomic mass is 9.84. The van der Waals surface area contributed by atoms with Crippen LogP contribution < -0.4 is 4.74 Å². The summed E-state index contributed by atoms with van der Waals surface area (Å²) in [7, 11) is 0. The molecule has 0 saturated heterocycles. The van der Waals surface area contributed by atoms with Crippen molar-refractivity contribution < 1.29 is 23.0 Å². The van der Waals surface area contributed by atoms with Gasteiger partial charge in [0.05, 0.1) is 17.4 Å². The minimum atomic E-state index is -4.39. The second kappa shape index (κ2) is 8.89. The third-order valence-electron chi connectivity index (χ3n) is 5.24. The summed E-state index contributed by atoms with van der Waals surface area (Å²) in [6, 6.07) is 16.2. The van der Waals surface area contributed by atoms with Gasteiger partial charge in [-0.25, -0.2) is 0 Å². The molecule has 3 aromatic rings. The van der Waals surface area contributed by atoms with Gasteiger partial charge in [0.1, 0.15) is 12.4 Å². The summed E-state index contributed by atoms with van der Waals surface area (Å²) in [4.78, 5) is 8.99. The van der Waals surface area contributed by atoms with E-state index in [9.17, 15) is 18.3 Å². The molecule has 160 valence electrons. The average Bonchev–Trinajstić information content (AvgIpc) is 2.77. The molecular formula is C24H21F3N2O2. The van der Waals surface area contributed by atoms with Crippen LogP contribution >= 0.6 is 0 Å².